The molecule has 1 atom stereocenters. The monoisotopic (exact) mass is 491 g/mol. The Morgan fingerprint density at radius 3 is 2.47 bits per heavy atom. The number of unbranched alkanes of at least 4 members (excludes halogenated alkanes) is 1. The summed E-state index contributed by atoms with van der Waals surface area (Å²) in [5.41, 5.74) is 2.92. The van der Waals surface area contributed by atoms with Gasteiger partial charge in [0.1, 0.15) is 6.04 Å². The van der Waals surface area contributed by atoms with Crippen LogP contribution in [-0.4, -0.2) is 53.7 Å². The van der Waals surface area contributed by atoms with Crippen LogP contribution in [0.15, 0.2) is 42.5 Å². The Balaban J connectivity index is 1.25. The minimum Gasteiger partial charge on any atom is -0.384 e. The fourth-order valence-electron chi connectivity index (χ4n) is 4.34. The quantitative estimate of drug-likeness (QED) is 0.314. The van der Waals surface area contributed by atoms with Crippen molar-refractivity contribution in [2.24, 2.45) is 0 Å². The van der Waals surface area contributed by atoms with Gasteiger partial charge in [-0.15, -0.1) is 0 Å². The molecule has 2 heterocycles. The van der Waals surface area contributed by atoms with Crippen molar-refractivity contribution < 1.29 is 24.0 Å². The molecule has 0 saturated carbocycles. The number of nitrogens with zero attached hydrogens (tertiary/aromatic N) is 1. The van der Waals surface area contributed by atoms with Gasteiger partial charge in [-0.1, -0.05) is 25.1 Å². The Bertz CT molecular complexity index is 1190. The number of aryl methyl sites for hydroxylation is 1. The van der Waals surface area contributed by atoms with Crippen molar-refractivity contribution in [3.05, 3.63) is 59.2 Å². The van der Waals surface area contributed by atoms with Crippen molar-refractivity contribution in [1.82, 2.24) is 15.5 Å². The maximum atomic E-state index is 13.1. The predicted octanol–water partition coefficient (Wildman–Crippen LogP) is 2.66. The van der Waals surface area contributed by atoms with Crippen LogP contribution in [0.4, 0.5) is 16.2 Å². The number of hydrogen-bond donors (Lipinski definition) is 4. The van der Waals surface area contributed by atoms with Crippen LogP contribution in [-0.2, 0) is 16.0 Å². The number of hydrogen-bond acceptors (Lipinski definition) is 6. The summed E-state index contributed by atoms with van der Waals surface area (Å²) in [6.07, 6.45) is 2.55. The summed E-state index contributed by atoms with van der Waals surface area (Å²) in [6, 6.07) is 11.4. The van der Waals surface area contributed by atoms with Gasteiger partial charge in [0.15, 0.2) is 0 Å². The molecule has 0 radical (unpaired) electrons. The molecule has 6 amide bonds. The summed E-state index contributed by atoms with van der Waals surface area (Å²) in [7, 11) is 0. The normalized spacial score (nSPS) is 17.0. The van der Waals surface area contributed by atoms with Gasteiger partial charge in [0.05, 0.1) is 11.1 Å². The smallest absolute Gasteiger partial charge is 0.319 e. The maximum Gasteiger partial charge on any atom is 0.319 e. The van der Waals surface area contributed by atoms with Crippen LogP contribution in [0.5, 0.6) is 0 Å². The highest BCUT2D eigenvalue weighted by Crippen LogP contribution is 2.32. The van der Waals surface area contributed by atoms with Gasteiger partial charge in [-0.05, 0) is 55.5 Å². The number of amides is 6. The summed E-state index contributed by atoms with van der Waals surface area (Å²) in [5.74, 6) is -2.12. The molecule has 1 saturated heterocycles. The third kappa shape index (κ3) is 5.37. The molecule has 2 aromatic carbocycles. The molecule has 2 aliphatic rings. The molecule has 0 bridgehead atoms. The Morgan fingerprint density at radius 2 is 1.75 bits per heavy atom. The van der Waals surface area contributed by atoms with Crippen LogP contribution in [0.2, 0.25) is 0 Å². The number of benzene rings is 2. The van der Waals surface area contributed by atoms with Gasteiger partial charge < -0.3 is 16.0 Å². The second kappa shape index (κ2) is 11.0. The van der Waals surface area contributed by atoms with E-state index in [1.165, 1.54) is 5.56 Å². The zero-order valence-electron chi connectivity index (χ0n) is 20.1. The Morgan fingerprint density at radius 1 is 1.00 bits per heavy atom. The first-order chi connectivity index (χ1) is 17.4. The molecule has 1 fully saturated rings. The molecule has 188 valence electrons. The number of rotatable bonds is 9. The highest BCUT2D eigenvalue weighted by atomic mass is 16.2. The first-order valence-electron chi connectivity index (χ1n) is 12.1. The van der Waals surface area contributed by atoms with E-state index in [9.17, 15) is 24.0 Å². The zero-order valence-corrected chi connectivity index (χ0v) is 20.1. The van der Waals surface area contributed by atoms with Gasteiger partial charge in [-0.2, -0.15) is 0 Å². The van der Waals surface area contributed by atoms with E-state index >= 15 is 0 Å². The Hall–Kier alpha value is -4.21. The molecule has 10 nitrogen and oxygen atoms in total. The highest BCUT2D eigenvalue weighted by Gasteiger charge is 2.45. The average Bonchev–Trinajstić information content (AvgIpc) is 3.12. The first kappa shape index (κ1) is 24.9. The summed E-state index contributed by atoms with van der Waals surface area (Å²) in [4.78, 5) is 62.7. The topological polar surface area (TPSA) is 137 Å². The van der Waals surface area contributed by atoms with Crippen LogP contribution in [0.1, 0.15) is 58.9 Å². The molecule has 1 unspecified atom stereocenters. The van der Waals surface area contributed by atoms with Crippen LogP contribution in [0.3, 0.4) is 0 Å². The molecule has 0 aliphatic carbocycles. The van der Waals surface area contributed by atoms with E-state index in [1.807, 2.05) is 24.3 Å². The third-order valence-corrected chi connectivity index (χ3v) is 6.29. The molecule has 2 aromatic rings. The molecule has 4 N–H and O–H groups in total. The molecule has 10 heteroatoms. The van der Waals surface area contributed by atoms with Crippen LogP contribution >= 0.6 is 0 Å². The molecule has 36 heavy (non-hydrogen) atoms. The van der Waals surface area contributed by atoms with E-state index in [0.717, 1.165) is 17.0 Å². The summed E-state index contributed by atoms with van der Waals surface area (Å²) in [6.45, 7) is 3.08. The fraction of sp³-hybridized carbons (Fsp3) is 0.346. The average molecular weight is 492 g/mol. The van der Waals surface area contributed by atoms with Crippen molar-refractivity contribution in [2.75, 3.05) is 23.7 Å². The SMILES string of the molecule is CCc1ccc(NC(=O)NCCCCNc2cccc3c2C(=O)N(C2CCC(=O)NC2=O)C3=O)cc1. The maximum absolute atomic E-state index is 13.1. The fourth-order valence-corrected chi connectivity index (χ4v) is 4.34. The van der Waals surface area contributed by atoms with Gasteiger partial charge in [0, 0.05) is 30.9 Å². The number of carbonyl (C=O) groups is 5. The predicted molar refractivity (Wildman–Crippen MR) is 134 cm³/mol. The van der Waals surface area contributed by atoms with Crippen LogP contribution < -0.4 is 21.3 Å². The number of nitrogens with one attached hydrogen (secondary N) is 4. The van der Waals surface area contributed by atoms with Crippen molar-refractivity contribution in [3.8, 4) is 0 Å². The van der Waals surface area contributed by atoms with Crippen LogP contribution in [0.25, 0.3) is 0 Å². The second-order valence-corrected chi connectivity index (χ2v) is 8.74. The van der Waals surface area contributed by atoms with Crippen LogP contribution in [0, 0.1) is 0 Å². The van der Waals surface area contributed by atoms with Gasteiger partial charge >= 0.3 is 6.03 Å². The van der Waals surface area contributed by atoms with Gasteiger partial charge in [0.2, 0.25) is 11.8 Å². The summed E-state index contributed by atoms with van der Waals surface area (Å²) in [5, 5.41) is 11.0. The Labute approximate surface area is 208 Å². The third-order valence-electron chi connectivity index (χ3n) is 6.29. The lowest BCUT2D eigenvalue weighted by molar-refractivity contribution is -0.136. The number of fused-ring (bicyclic) bond motifs is 1. The number of anilines is 2. The molecule has 2 aliphatic heterocycles. The van der Waals surface area contributed by atoms with E-state index in [1.54, 1.807) is 18.2 Å². The molecule has 4 rings (SSSR count). The summed E-state index contributed by atoms with van der Waals surface area (Å²) < 4.78 is 0. The van der Waals surface area contributed by atoms with E-state index in [2.05, 4.69) is 28.2 Å². The number of urea groups is 1. The van der Waals surface area contributed by atoms with Gasteiger partial charge in [-0.25, -0.2) is 4.79 Å². The minimum atomic E-state index is -0.996. The van der Waals surface area contributed by atoms with Crippen molar-refractivity contribution >= 4 is 41.0 Å². The van der Waals surface area contributed by atoms with Crippen molar-refractivity contribution in [2.45, 2.75) is 45.1 Å². The number of imide groups is 2. The minimum absolute atomic E-state index is 0.0755. The molecular weight excluding hydrogens is 462 g/mol. The lowest BCUT2D eigenvalue weighted by Gasteiger charge is -2.27. The van der Waals surface area contributed by atoms with E-state index < -0.39 is 29.7 Å². The first-order valence-corrected chi connectivity index (χ1v) is 12.1. The zero-order chi connectivity index (χ0) is 25.7. The lowest BCUT2D eigenvalue weighted by Crippen LogP contribution is -2.54. The van der Waals surface area contributed by atoms with Crippen molar-refractivity contribution in [1.29, 1.82) is 0 Å². The highest BCUT2D eigenvalue weighted by molar-refractivity contribution is 6.25. The number of carbonyl (C=O) groups excluding carboxylic acids is 5. The Kier molecular flexibility index (Phi) is 7.62. The van der Waals surface area contributed by atoms with E-state index in [0.29, 0.717) is 31.6 Å². The molecular formula is C26H29N5O5. The summed E-state index contributed by atoms with van der Waals surface area (Å²) >= 11 is 0. The standard InChI is InChI=1S/C26H29N5O5/c1-2-16-8-10-17(11-9-16)29-26(36)28-15-4-3-14-27-19-7-5-6-18-22(19)25(35)31(24(18)34)20-12-13-21(32)30-23(20)33/h5-11,20,27H,2-4,12-15H2,1H3,(H2,28,29,36)(H,30,32,33). The second-order valence-electron chi connectivity index (χ2n) is 8.74. The van der Waals surface area contributed by atoms with Crippen molar-refractivity contribution in [3.63, 3.8) is 0 Å². The van der Waals surface area contributed by atoms with Gasteiger partial charge in [0.25, 0.3) is 11.8 Å². The van der Waals surface area contributed by atoms with E-state index in [4.69, 9.17) is 0 Å². The lowest BCUT2D eigenvalue weighted by atomic mass is 10.0. The molecule has 0 spiro atoms. The largest absolute Gasteiger partial charge is 0.384 e. The van der Waals surface area contributed by atoms with Gasteiger partial charge in [-0.3, -0.25) is 29.4 Å². The number of piperidine rings is 1. The molecule has 0 aromatic heterocycles. The van der Waals surface area contributed by atoms with E-state index in [-0.39, 0.29) is 30.0 Å².